The summed E-state index contributed by atoms with van der Waals surface area (Å²) in [6, 6.07) is 14.6. The first-order chi connectivity index (χ1) is 13.1. The number of nitrogens with one attached hydrogen (secondary N) is 2. The third-order valence-electron chi connectivity index (χ3n) is 4.27. The third-order valence-corrected chi connectivity index (χ3v) is 4.27. The number of unbranched alkanes of at least 4 members (excludes halogenated alkanes) is 1. The fourth-order valence-corrected chi connectivity index (χ4v) is 2.64. The molecule has 0 aromatic heterocycles. The Labute approximate surface area is 161 Å². The Bertz CT molecular complexity index is 774. The molecule has 2 rings (SSSR count). The first kappa shape index (κ1) is 20.5. The molecule has 0 saturated heterocycles. The number of aryl methyl sites for hydroxylation is 1. The highest BCUT2D eigenvalue weighted by Gasteiger charge is 2.21. The average molecular weight is 368 g/mol. The Balaban J connectivity index is 2.09. The monoisotopic (exact) mass is 368 g/mol. The Morgan fingerprint density at radius 3 is 2.44 bits per heavy atom. The van der Waals surface area contributed by atoms with E-state index in [1.165, 1.54) is 0 Å². The lowest BCUT2D eigenvalue weighted by Crippen LogP contribution is -2.33. The van der Waals surface area contributed by atoms with Crippen LogP contribution in [0, 0.1) is 6.92 Å². The number of amides is 2. The van der Waals surface area contributed by atoms with E-state index in [2.05, 4.69) is 17.6 Å². The van der Waals surface area contributed by atoms with Crippen LogP contribution in [0.3, 0.4) is 0 Å². The normalized spacial score (nSPS) is 11.5. The zero-order valence-corrected chi connectivity index (χ0v) is 16.2. The Hall–Kier alpha value is -2.82. The van der Waals surface area contributed by atoms with Crippen molar-refractivity contribution in [3.63, 3.8) is 0 Å². The molecule has 2 aromatic rings. The van der Waals surface area contributed by atoms with Crippen molar-refractivity contribution >= 4 is 17.5 Å². The fraction of sp³-hybridized carbons (Fsp3) is 0.364. The largest absolute Gasteiger partial charge is 0.480 e. The van der Waals surface area contributed by atoms with Crippen LogP contribution in [0.5, 0.6) is 5.75 Å². The predicted octanol–water partition coefficient (Wildman–Crippen LogP) is 4.32. The van der Waals surface area contributed by atoms with E-state index in [9.17, 15) is 9.59 Å². The van der Waals surface area contributed by atoms with Crippen molar-refractivity contribution in [3.8, 4) is 5.75 Å². The maximum absolute atomic E-state index is 12.7. The van der Waals surface area contributed by atoms with Crippen LogP contribution in [-0.2, 0) is 4.79 Å². The number of rotatable bonds is 9. The molecular formula is C22H28N2O3. The number of benzene rings is 2. The van der Waals surface area contributed by atoms with Crippen LogP contribution in [0.25, 0.3) is 0 Å². The number of ether oxygens (including phenoxy) is 1. The standard InChI is InChI=1S/C22H28N2O3/c1-4-6-15-23-21(25)17-12-8-9-13-18(17)24-22(26)19(5-2)27-20-14-10-7-11-16(20)3/h7-14,19H,4-6,15H2,1-3H3,(H,23,25)(H,24,26)/t19-/m0/s1. The van der Waals surface area contributed by atoms with E-state index in [0.29, 0.717) is 30.0 Å². The molecular weight excluding hydrogens is 340 g/mol. The van der Waals surface area contributed by atoms with E-state index in [1.807, 2.05) is 38.1 Å². The van der Waals surface area contributed by atoms with E-state index in [1.54, 1.807) is 24.3 Å². The quantitative estimate of drug-likeness (QED) is 0.648. The molecule has 144 valence electrons. The first-order valence-electron chi connectivity index (χ1n) is 9.47. The summed E-state index contributed by atoms with van der Waals surface area (Å²) in [6.45, 7) is 6.52. The highest BCUT2D eigenvalue weighted by molar-refractivity contribution is 6.04. The van der Waals surface area contributed by atoms with Gasteiger partial charge in [0.05, 0.1) is 11.3 Å². The Morgan fingerprint density at radius 2 is 1.74 bits per heavy atom. The molecule has 0 aliphatic rings. The highest BCUT2D eigenvalue weighted by atomic mass is 16.5. The van der Waals surface area contributed by atoms with Crippen molar-refractivity contribution in [2.24, 2.45) is 0 Å². The molecule has 0 bridgehead atoms. The van der Waals surface area contributed by atoms with E-state index in [-0.39, 0.29) is 11.8 Å². The molecule has 0 aliphatic carbocycles. The lowest BCUT2D eigenvalue weighted by molar-refractivity contribution is -0.122. The summed E-state index contributed by atoms with van der Waals surface area (Å²) in [5.41, 5.74) is 1.91. The maximum Gasteiger partial charge on any atom is 0.265 e. The molecule has 2 N–H and O–H groups in total. The number of carbonyl (C=O) groups excluding carboxylic acids is 2. The van der Waals surface area contributed by atoms with Crippen molar-refractivity contribution in [2.75, 3.05) is 11.9 Å². The predicted molar refractivity (Wildman–Crippen MR) is 108 cm³/mol. The van der Waals surface area contributed by atoms with Gasteiger partial charge in [-0.15, -0.1) is 0 Å². The second-order valence-electron chi connectivity index (χ2n) is 6.42. The first-order valence-corrected chi connectivity index (χ1v) is 9.47. The highest BCUT2D eigenvalue weighted by Crippen LogP contribution is 2.21. The van der Waals surface area contributed by atoms with Gasteiger partial charge in [-0.2, -0.15) is 0 Å². The molecule has 0 saturated carbocycles. The molecule has 0 fully saturated rings. The van der Waals surface area contributed by atoms with Gasteiger partial charge in [0.25, 0.3) is 11.8 Å². The van der Waals surface area contributed by atoms with Crippen LogP contribution in [0.2, 0.25) is 0 Å². The van der Waals surface area contributed by atoms with Crippen molar-refractivity contribution in [1.82, 2.24) is 5.32 Å². The summed E-state index contributed by atoms with van der Waals surface area (Å²) >= 11 is 0. The van der Waals surface area contributed by atoms with Crippen molar-refractivity contribution in [3.05, 3.63) is 59.7 Å². The van der Waals surface area contributed by atoms with E-state index in [4.69, 9.17) is 4.74 Å². The minimum Gasteiger partial charge on any atom is -0.480 e. The van der Waals surface area contributed by atoms with Gasteiger partial charge in [0.15, 0.2) is 6.10 Å². The topological polar surface area (TPSA) is 67.4 Å². The van der Waals surface area contributed by atoms with Gasteiger partial charge in [-0.3, -0.25) is 9.59 Å². The smallest absolute Gasteiger partial charge is 0.265 e. The number of hydrogen-bond donors (Lipinski definition) is 2. The van der Waals surface area contributed by atoms with Crippen LogP contribution in [0.4, 0.5) is 5.69 Å². The van der Waals surface area contributed by atoms with Gasteiger partial charge < -0.3 is 15.4 Å². The van der Waals surface area contributed by atoms with Crippen molar-refractivity contribution in [2.45, 2.75) is 46.1 Å². The van der Waals surface area contributed by atoms with Gasteiger partial charge in [-0.05, 0) is 43.5 Å². The summed E-state index contributed by atoms with van der Waals surface area (Å²) in [5, 5.41) is 5.73. The third kappa shape index (κ3) is 5.84. The zero-order chi connectivity index (χ0) is 19.6. The SMILES string of the molecule is CCCCNC(=O)c1ccccc1NC(=O)[C@H](CC)Oc1ccccc1C. The van der Waals surface area contributed by atoms with Gasteiger partial charge in [0.1, 0.15) is 5.75 Å². The molecule has 0 aliphatic heterocycles. The summed E-state index contributed by atoms with van der Waals surface area (Å²) in [4.78, 5) is 25.1. The molecule has 2 amide bonds. The minimum atomic E-state index is -0.637. The number of hydrogen-bond acceptors (Lipinski definition) is 3. The molecule has 0 heterocycles. The Morgan fingerprint density at radius 1 is 1.04 bits per heavy atom. The number of anilines is 1. The van der Waals surface area contributed by atoms with Crippen molar-refractivity contribution in [1.29, 1.82) is 0 Å². The van der Waals surface area contributed by atoms with Gasteiger partial charge in [-0.1, -0.05) is 50.6 Å². The molecule has 5 nitrogen and oxygen atoms in total. The summed E-state index contributed by atoms with van der Waals surface area (Å²) in [7, 11) is 0. The molecule has 0 radical (unpaired) electrons. The van der Waals surface area contributed by atoms with E-state index >= 15 is 0 Å². The fourth-order valence-electron chi connectivity index (χ4n) is 2.64. The number of para-hydroxylation sites is 2. The van der Waals surface area contributed by atoms with Crippen LogP contribution in [0.1, 0.15) is 49.0 Å². The van der Waals surface area contributed by atoms with Gasteiger partial charge in [0, 0.05) is 6.54 Å². The molecule has 0 spiro atoms. The molecule has 1 atom stereocenters. The lowest BCUT2D eigenvalue weighted by Gasteiger charge is -2.19. The average Bonchev–Trinajstić information content (AvgIpc) is 2.67. The Kier molecular flexibility index (Phi) is 7.86. The zero-order valence-electron chi connectivity index (χ0n) is 16.2. The summed E-state index contributed by atoms with van der Waals surface area (Å²) in [5.74, 6) is 0.229. The molecule has 0 unspecified atom stereocenters. The van der Waals surface area contributed by atoms with Crippen molar-refractivity contribution < 1.29 is 14.3 Å². The van der Waals surface area contributed by atoms with Crippen LogP contribution in [-0.4, -0.2) is 24.5 Å². The summed E-state index contributed by atoms with van der Waals surface area (Å²) < 4.78 is 5.90. The number of carbonyl (C=O) groups is 2. The van der Waals surface area contributed by atoms with Gasteiger partial charge in [0.2, 0.25) is 0 Å². The van der Waals surface area contributed by atoms with Gasteiger partial charge >= 0.3 is 0 Å². The van der Waals surface area contributed by atoms with E-state index in [0.717, 1.165) is 18.4 Å². The van der Waals surface area contributed by atoms with Crippen LogP contribution < -0.4 is 15.4 Å². The minimum absolute atomic E-state index is 0.188. The lowest BCUT2D eigenvalue weighted by atomic mass is 10.1. The second-order valence-corrected chi connectivity index (χ2v) is 6.42. The molecule has 2 aromatic carbocycles. The molecule has 5 heteroatoms. The second kappa shape index (κ2) is 10.4. The maximum atomic E-state index is 12.7. The van der Waals surface area contributed by atoms with Gasteiger partial charge in [-0.25, -0.2) is 0 Å². The van der Waals surface area contributed by atoms with Crippen LogP contribution >= 0.6 is 0 Å². The molecule has 27 heavy (non-hydrogen) atoms. The summed E-state index contributed by atoms with van der Waals surface area (Å²) in [6.07, 6.45) is 1.81. The van der Waals surface area contributed by atoms with Crippen LogP contribution in [0.15, 0.2) is 48.5 Å². The van der Waals surface area contributed by atoms with E-state index < -0.39 is 6.10 Å².